The highest BCUT2D eigenvalue weighted by atomic mass is 35.5. The van der Waals surface area contributed by atoms with Gasteiger partial charge in [0.15, 0.2) is 4.34 Å². The quantitative estimate of drug-likeness (QED) is 0.507. The molecule has 20 heavy (non-hydrogen) atoms. The van der Waals surface area contributed by atoms with E-state index in [9.17, 15) is 18.5 Å². The SMILES string of the molecule is Nc1ccc(NS(=O)(=O)c2cc([N+](=O)[O-])c(Cl)s2)cc1. The maximum Gasteiger partial charge on any atom is 0.300 e. The maximum atomic E-state index is 12.1. The number of hydrogen-bond acceptors (Lipinski definition) is 6. The minimum atomic E-state index is -3.92. The molecule has 0 aliphatic rings. The molecule has 0 radical (unpaired) electrons. The zero-order chi connectivity index (χ0) is 14.9. The van der Waals surface area contributed by atoms with Gasteiger partial charge in [-0.1, -0.05) is 11.6 Å². The number of halogens is 1. The summed E-state index contributed by atoms with van der Waals surface area (Å²) >= 11 is 6.26. The van der Waals surface area contributed by atoms with Gasteiger partial charge in [0.1, 0.15) is 4.21 Å². The fourth-order valence-electron chi connectivity index (χ4n) is 1.35. The number of nitrogens with one attached hydrogen (secondary N) is 1. The van der Waals surface area contributed by atoms with Gasteiger partial charge < -0.3 is 5.73 Å². The van der Waals surface area contributed by atoms with Gasteiger partial charge in [-0.2, -0.15) is 0 Å². The molecule has 0 aliphatic heterocycles. The molecule has 0 unspecified atom stereocenters. The predicted octanol–water partition coefficient (Wildman–Crippen LogP) is 2.69. The number of hydrogen-bond donors (Lipinski definition) is 2. The Bertz CT molecular complexity index is 755. The first-order chi connectivity index (χ1) is 9.29. The van der Waals surface area contributed by atoms with E-state index in [2.05, 4.69) is 4.72 Å². The van der Waals surface area contributed by atoms with Gasteiger partial charge in [-0.05, 0) is 24.3 Å². The molecule has 0 fully saturated rings. The van der Waals surface area contributed by atoms with Crippen molar-refractivity contribution in [1.82, 2.24) is 0 Å². The van der Waals surface area contributed by atoms with Crippen LogP contribution in [0.1, 0.15) is 0 Å². The van der Waals surface area contributed by atoms with Gasteiger partial charge in [0.05, 0.1) is 4.92 Å². The molecule has 1 heterocycles. The van der Waals surface area contributed by atoms with Crippen LogP contribution in [0.4, 0.5) is 17.1 Å². The lowest BCUT2D eigenvalue weighted by Crippen LogP contribution is -2.11. The average Bonchev–Trinajstić information content (AvgIpc) is 2.75. The fraction of sp³-hybridized carbons (Fsp3) is 0. The molecule has 0 aliphatic carbocycles. The van der Waals surface area contributed by atoms with Crippen molar-refractivity contribution in [3.63, 3.8) is 0 Å². The second-order valence-electron chi connectivity index (χ2n) is 3.71. The Kier molecular flexibility index (Phi) is 3.84. The van der Waals surface area contributed by atoms with Crippen LogP contribution in [0.3, 0.4) is 0 Å². The number of benzene rings is 1. The van der Waals surface area contributed by atoms with Crippen molar-refractivity contribution < 1.29 is 13.3 Å². The molecule has 0 saturated heterocycles. The summed E-state index contributed by atoms with van der Waals surface area (Å²) in [4.78, 5) is 9.92. The molecule has 106 valence electrons. The van der Waals surface area contributed by atoms with Crippen LogP contribution >= 0.6 is 22.9 Å². The standard InChI is InChI=1S/C10H8ClN3O4S2/c11-10-8(14(15)16)5-9(19-10)20(17,18)13-7-3-1-6(12)2-4-7/h1-5,13H,12H2. The van der Waals surface area contributed by atoms with E-state index >= 15 is 0 Å². The third-order valence-electron chi connectivity index (χ3n) is 2.27. The third kappa shape index (κ3) is 3.00. The molecule has 2 rings (SSSR count). The molecular weight excluding hydrogens is 326 g/mol. The van der Waals surface area contributed by atoms with E-state index in [-0.39, 0.29) is 8.55 Å². The molecular formula is C10H8ClN3O4S2. The Morgan fingerprint density at radius 2 is 1.90 bits per heavy atom. The van der Waals surface area contributed by atoms with Crippen molar-refractivity contribution in [2.24, 2.45) is 0 Å². The minimum Gasteiger partial charge on any atom is -0.399 e. The molecule has 7 nitrogen and oxygen atoms in total. The lowest BCUT2D eigenvalue weighted by molar-refractivity contribution is -0.384. The van der Waals surface area contributed by atoms with Crippen LogP contribution in [0, 0.1) is 10.1 Å². The highest BCUT2D eigenvalue weighted by molar-refractivity contribution is 7.94. The van der Waals surface area contributed by atoms with E-state index in [0.29, 0.717) is 22.7 Å². The van der Waals surface area contributed by atoms with Crippen molar-refractivity contribution in [2.75, 3.05) is 10.5 Å². The molecule has 0 saturated carbocycles. The lowest BCUT2D eigenvalue weighted by atomic mass is 10.3. The fourth-order valence-corrected chi connectivity index (χ4v) is 4.07. The summed E-state index contributed by atoms with van der Waals surface area (Å²) in [7, 11) is -3.92. The molecule has 0 bridgehead atoms. The highest BCUT2D eigenvalue weighted by Gasteiger charge is 2.25. The monoisotopic (exact) mass is 333 g/mol. The Labute approximate surface area is 123 Å². The predicted molar refractivity (Wildman–Crippen MR) is 77.6 cm³/mol. The van der Waals surface area contributed by atoms with Gasteiger partial charge in [0.2, 0.25) is 0 Å². The third-order valence-corrected chi connectivity index (χ3v) is 5.46. The molecule has 0 amide bonds. The number of anilines is 2. The van der Waals surface area contributed by atoms with E-state index in [1.54, 1.807) is 0 Å². The van der Waals surface area contributed by atoms with Gasteiger partial charge >= 0.3 is 0 Å². The second kappa shape index (κ2) is 5.27. The lowest BCUT2D eigenvalue weighted by Gasteiger charge is -2.05. The first-order valence-electron chi connectivity index (χ1n) is 5.11. The molecule has 0 atom stereocenters. The van der Waals surface area contributed by atoms with Crippen LogP contribution in [-0.2, 0) is 10.0 Å². The number of nitrogens with two attached hydrogens (primary N) is 1. The number of rotatable bonds is 4. The Hall–Kier alpha value is -1.84. The zero-order valence-corrected chi connectivity index (χ0v) is 12.1. The average molecular weight is 334 g/mol. The number of nitrogens with zero attached hydrogens (tertiary/aromatic N) is 1. The maximum absolute atomic E-state index is 12.1. The van der Waals surface area contributed by atoms with Crippen LogP contribution < -0.4 is 10.5 Å². The molecule has 2 aromatic rings. The summed E-state index contributed by atoms with van der Waals surface area (Å²) < 4.78 is 26.0. The summed E-state index contributed by atoms with van der Waals surface area (Å²) in [6, 6.07) is 6.95. The van der Waals surface area contributed by atoms with Crippen LogP contribution in [0.2, 0.25) is 4.34 Å². The van der Waals surface area contributed by atoms with Gasteiger partial charge in [-0.15, -0.1) is 11.3 Å². The summed E-state index contributed by atoms with van der Waals surface area (Å²) in [5.74, 6) is 0. The molecule has 1 aromatic heterocycles. The van der Waals surface area contributed by atoms with Crippen LogP contribution in [-0.4, -0.2) is 13.3 Å². The van der Waals surface area contributed by atoms with E-state index < -0.39 is 20.6 Å². The zero-order valence-electron chi connectivity index (χ0n) is 9.74. The number of sulfonamides is 1. The van der Waals surface area contributed by atoms with Crippen LogP contribution in [0.25, 0.3) is 0 Å². The minimum absolute atomic E-state index is 0.187. The van der Waals surface area contributed by atoms with Gasteiger partial charge in [0.25, 0.3) is 15.7 Å². The van der Waals surface area contributed by atoms with Gasteiger partial charge in [-0.3, -0.25) is 14.8 Å². The summed E-state index contributed by atoms with van der Waals surface area (Å²) in [5, 5.41) is 10.7. The Morgan fingerprint density at radius 3 is 2.40 bits per heavy atom. The van der Waals surface area contributed by atoms with E-state index in [4.69, 9.17) is 17.3 Å². The highest BCUT2D eigenvalue weighted by Crippen LogP contribution is 2.36. The van der Waals surface area contributed by atoms with E-state index in [1.807, 2.05) is 0 Å². The van der Waals surface area contributed by atoms with Crippen LogP contribution in [0.15, 0.2) is 34.5 Å². The Morgan fingerprint density at radius 1 is 1.30 bits per heavy atom. The smallest absolute Gasteiger partial charge is 0.300 e. The summed E-state index contributed by atoms with van der Waals surface area (Å²) in [5.41, 5.74) is 5.84. The number of nitro groups is 1. The molecule has 10 heteroatoms. The first kappa shape index (κ1) is 14.6. The molecule has 0 spiro atoms. The summed E-state index contributed by atoms with van der Waals surface area (Å²) in [6.07, 6.45) is 0. The van der Waals surface area contributed by atoms with Crippen molar-refractivity contribution in [1.29, 1.82) is 0 Å². The summed E-state index contributed by atoms with van der Waals surface area (Å²) in [6.45, 7) is 0. The molecule has 3 N–H and O–H groups in total. The first-order valence-corrected chi connectivity index (χ1v) is 7.79. The van der Waals surface area contributed by atoms with E-state index in [0.717, 1.165) is 6.07 Å². The van der Waals surface area contributed by atoms with Gasteiger partial charge in [0, 0.05) is 17.4 Å². The second-order valence-corrected chi connectivity index (χ2v) is 7.27. The van der Waals surface area contributed by atoms with Crippen molar-refractivity contribution in [2.45, 2.75) is 4.21 Å². The number of thiophene rings is 1. The number of nitrogen functional groups attached to an aromatic ring is 1. The van der Waals surface area contributed by atoms with Gasteiger partial charge in [-0.25, -0.2) is 8.42 Å². The van der Waals surface area contributed by atoms with Crippen molar-refractivity contribution >= 4 is 50.0 Å². The molecule has 1 aromatic carbocycles. The Balaban J connectivity index is 2.33. The van der Waals surface area contributed by atoms with Crippen molar-refractivity contribution in [3.8, 4) is 0 Å². The van der Waals surface area contributed by atoms with E-state index in [1.165, 1.54) is 24.3 Å². The van der Waals surface area contributed by atoms with Crippen LogP contribution in [0.5, 0.6) is 0 Å². The van der Waals surface area contributed by atoms with Crippen molar-refractivity contribution in [3.05, 3.63) is 44.8 Å². The largest absolute Gasteiger partial charge is 0.399 e. The normalized spacial score (nSPS) is 11.2. The topological polar surface area (TPSA) is 115 Å².